The fourth-order valence-corrected chi connectivity index (χ4v) is 3.75. The van der Waals surface area contributed by atoms with E-state index in [1.807, 2.05) is 0 Å². The highest BCUT2D eigenvalue weighted by molar-refractivity contribution is 7.91. The minimum Gasteiger partial charge on any atom is -0.394 e. The number of sulfone groups is 1. The molecule has 1 aromatic carbocycles. The first-order chi connectivity index (χ1) is 9.86. The van der Waals surface area contributed by atoms with Gasteiger partial charge < -0.3 is 25.2 Å². The highest BCUT2D eigenvalue weighted by Gasteiger charge is 2.47. The highest BCUT2D eigenvalue weighted by Crippen LogP contribution is 2.26. The van der Waals surface area contributed by atoms with E-state index >= 15 is 0 Å². The molecule has 0 bridgehead atoms. The van der Waals surface area contributed by atoms with Crippen molar-refractivity contribution in [3.63, 3.8) is 0 Å². The van der Waals surface area contributed by atoms with E-state index in [2.05, 4.69) is 0 Å². The normalized spacial score (nSPS) is 31.2. The van der Waals surface area contributed by atoms with Crippen LogP contribution in [-0.4, -0.2) is 71.7 Å². The van der Waals surface area contributed by atoms with Gasteiger partial charge in [0.05, 0.1) is 17.3 Å². The molecule has 2 rings (SSSR count). The number of rotatable bonds is 5. The lowest BCUT2D eigenvalue weighted by Crippen LogP contribution is -2.40. The fourth-order valence-electron chi connectivity index (χ4n) is 2.28. The third kappa shape index (κ3) is 3.42. The van der Waals surface area contributed by atoms with Crippen molar-refractivity contribution in [1.29, 1.82) is 0 Å². The van der Waals surface area contributed by atoms with Crippen molar-refractivity contribution in [2.24, 2.45) is 0 Å². The van der Waals surface area contributed by atoms with Crippen molar-refractivity contribution in [2.75, 3.05) is 12.4 Å². The summed E-state index contributed by atoms with van der Waals surface area (Å²) in [5, 5.41) is 37.9. The van der Waals surface area contributed by atoms with E-state index in [1.54, 1.807) is 18.2 Å². The third-order valence-electron chi connectivity index (χ3n) is 3.45. The molecule has 4 N–H and O–H groups in total. The van der Waals surface area contributed by atoms with Gasteiger partial charge in [0.2, 0.25) is 0 Å². The van der Waals surface area contributed by atoms with Crippen LogP contribution in [0, 0.1) is 0 Å². The number of hydrogen-bond acceptors (Lipinski definition) is 7. The van der Waals surface area contributed by atoms with Crippen molar-refractivity contribution in [1.82, 2.24) is 0 Å². The summed E-state index contributed by atoms with van der Waals surface area (Å²) in [7, 11) is -3.70. The first-order valence-electron chi connectivity index (χ1n) is 6.45. The van der Waals surface area contributed by atoms with Gasteiger partial charge in [-0.3, -0.25) is 0 Å². The first-order valence-corrected chi connectivity index (χ1v) is 8.10. The fraction of sp³-hybridized carbons (Fsp3) is 0.538. The molecule has 21 heavy (non-hydrogen) atoms. The lowest BCUT2D eigenvalue weighted by atomic mass is 10.1. The number of aliphatic hydroxyl groups excluding tert-OH is 4. The Bertz CT molecular complexity index is 559. The van der Waals surface area contributed by atoms with Crippen LogP contribution in [0.1, 0.15) is 0 Å². The van der Waals surface area contributed by atoms with E-state index in [0.717, 1.165) is 0 Å². The number of ether oxygens (including phenoxy) is 1. The quantitative estimate of drug-likeness (QED) is 0.510. The monoisotopic (exact) mass is 318 g/mol. The van der Waals surface area contributed by atoms with Crippen LogP contribution in [0.15, 0.2) is 35.2 Å². The van der Waals surface area contributed by atoms with Gasteiger partial charge in [0.25, 0.3) is 0 Å². The van der Waals surface area contributed by atoms with Gasteiger partial charge >= 0.3 is 0 Å². The molecule has 1 unspecified atom stereocenters. The average molecular weight is 318 g/mol. The summed E-state index contributed by atoms with van der Waals surface area (Å²) in [6.45, 7) is -0.660. The smallest absolute Gasteiger partial charge is 0.181 e. The molecule has 118 valence electrons. The summed E-state index contributed by atoms with van der Waals surface area (Å²) in [6, 6.07) is 7.68. The molecule has 0 saturated carbocycles. The molecule has 5 atom stereocenters. The summed E-state index contributed by atoms with van der Waals surface area (Å²) >= 11 is 0. The van der Waals surface area contributed by atoms with E-state index in [9.17, 15) is 23.7 Å². The van der Waals surface area contributed by atoms with Crippen LogP contribution in [-0.2, 0) is 14.6 Å². The molecule has 1 heterocycles. The minimum absolute atomic E-state index is 0.0847. The zero-order valence-electron chi connectivity index (χ0n) is 11.1. The highest BCUT2D eigenvalue weighted by atomic mass is 32.2. The molecule has 7 nitrogen and oxygen atoms in total. The van der Waals surface area contributed by atoms with Crippen molar-refractivity contribution in [2.45, 2.75) is 35.4 Å². The molecule has 0 aliphatic carbocycles. The van der Waals surface area contributed by atoms with E-state index in [0.29, 0.717) is 0 Å². The van der Waals surface area contributed by atoms with Gasteiger partial charge in [0.15, 0.2) is 9.84 Å². The Morgan fingerprint density at radius 2 is 1.76 bits per heavy atom. The molecule has 0 amide bonds. The van der Waals surface area contributed by atoms with E-state index in [1.165, 1.54) is 12.1 Å². The van der Waals surface area contributed by atoms with Gasteiger partial charge in [-0.05, 0) is 12.1 Å². The van der Waals surface area contributed by atoms with Crippen LogP contribution in [0.5, 0.6) is 0 Å². The summed E-state index contributed by atoms with van der Waals surface area (Å²) in [4.78, 5) is 0.0847. The Morgan fingerprint density at radius 3 is 2.33 bits per heavy atom. The predicted octanol–water partition coefficient (Wildman–Crippen LogP) is -1.70. The van der Waals surface area contributed by atoms with Crippen LogP contribution in [0.3, 0.4) is 0 Å². The Hall–Kier alpha value is -1.03. The molecule has 1 aliphatic heterocycles. The molecule has 0 radical (unpaired) electrons. The standard InChI is InChI=1S/C13H18O7S/c14-6-9(15)13-12(17)11(16)10(20-13)7-21(18,19)8-4-2-1-3-5-8/h1-5,9-17H,6-7H2/t9-,10?,11+,12-,13-/m1/s1. The second-order valence-electron chi connectivity index (χ2n) is 4.96. The molecular formula is C13H18O7S. The second-order valence-corrected chi connectivity index (χ2v) is 7.00. The molecule has 1 saturated heterocycles. The maximum absolute atomic E-state index is 12.2. The average Bonchev–Trinajstić information content (AvgIpc) is 2.75. The van der Waals surface area contributed by atoms with Gasteiger partial charge in [-0.15, -0.1) is 0 Å². The summed E-state index contributed by atoms with van der Waals surface area (Å²) < 4.78 is 29.6. The van der Waals surface area contributed by atoms with Crippen molar-refractivity contribution in [3.8, 4) is 0 Å². The van der Waals surface area contributed by atoms with Crippen LogP contribution in [0.2, 0.25) is 0 Å². The SMILES string of the molecule is O=S(=O)(CC1O[C@H]([C@H](O)CO)[C@H](O)[C@H]1O)c1ccccc1. The van der Waals surface area contributed by atoms with Gasteiger partial charge in [-0.1, -0.05) is 18.2 Å². The number of benzene rings is 1. The van der Waals surface area contributed by atoms with Gasteiger partial charge in [0, 0.05) is 0 Å². The molecule has 8 heteroatoms. The minimum atomic E-state index is -3.70. The maximum atomic E-state index is 12.2. The van der Waals surface area contributed by atoms with Gasteiger partial charge in [-0.2, -0.15) is 0 Å². The second kappa shape index (κ2) is 6.39. The van der Waals surface area contributed by atoms with Gasteiger partial charge in [0.1, 0.15) is 30.5 Å². The Labute approximate surface area is 122 Å². The lowest BCUT2D eigenvalue weighted by molar-refractivity contribution is -0.0781. The van der Waals surface area contributed by atoms with Gasteiger partial charge in [-0.25, -0.2) is 8.42 Å². The van der Waals surface area contributed by atoms with E-state index < -0.39 is 52.7 Å². The van der Waals surface area contributed by atoms with E-state index in [4.69, 9.17) is 9.84 Å². The Balaban J connectivity index is 2.13. The molecule has 0 spiro atoms. The molecule has 1 aliphatic rings. The summed E-state index contributed by atoms with van der Waals surface area (Å²) in [5.41, 5.74) is 0. The van der Waals surface area contributed by atoms with Crippen LogP contribution >= 0.6 is 0 Å². The van der Waals surface area contributed by atoms with Crippen molar-refractivity contribution >= 4 is 9.84 Å². The number of aliphatic hydroxyl groups is 4. The van der Waals surface area contributed by atoms with Crippen molar-refractivity contribution < 1.29 is 33.6 Å². The first kappa shape index (κ1) is 16.3. The van der Waals surface area contributed by atoms with Crippen LogP contribution in [0.4, 0.5) is 0 Å². The molecule has 1 fully saturated rings. The third-order valence-corrected chi connectivity index (χ3v) is 5.21. The van der Waals surface area contributed by atoms with E-state index in [-0.39, 0.29) is 4.90 Å². The Morgan fingerprint density at radius 1 is 1.14 bits per heavy atom. The topological polar surface area (TPSA) is 124 Å². The zero-order valence-corrected chi connectivity index (χ0v) is 11.9. The van der Waals surface area contributed by atoms with Crippen LogP contribution < -0.4 is 0 Å². The molecule has 1 aromatic rings. The number of hydrogen-bond donors (Lipinski definition) is 4. The van der Waals surface area contributed by atoms with Crippen molar-refractivity contribution in [3.05, 3.63) is 30.3 Å². The van der Waals surface area contributed by atoms with Crippen LogP contribution in [0.25, 0.3) is 0 Å². The molecular weight excluding hydrogens is 300 g/mol. The lowest BCUT2D eigenvalue weighted by Gasteiger charge is -2.18. The predicted molar refractivity (Wildman–Crippen MR) is 72.3 cm³/mol. The summed E-state index contributed by atoms with van der Waals surface area (Å²) in [6.07, 6.45) is -6.69. The molecule has 0 aromatic heterocycles. The Kier molecular flexibility index (Phi) is 4.97. The summed E-state index contributed by atoms with van der Waals surface area (Å²) in [5.74, 6) is -0.524. The zero-order chi connectivity index (χ0) is 15.6. The maximum Gasteiger partial charge on any atom is 0.181 e. The largest absolute Gasteiger partial charge is 0.394 e.